The zero-order valence-corrected chi connectivity index (χ0v) is 10.9. The summed E-state index contributed by atoms with van der Waals surface area (Å²) in [5, 5.41) is 0.529. The Morgan fingerprint density at radius 2 is 1.82 bits per heavy atom. The zero-order valence-electron chi connectivity index (χ0n) is 10.1. The van der Waals surface area contributed by atoms with Crippen LogP contribution in [0.25, 0.3) is 0 Å². The van der Waals surface area contributed by atoms with E-state index in [1.54, 1.807) is 0 Å². The molecule has 0 unspecified atom stereocenters. The molecule has 0 bridgehead atoms. The maximum absolute atomic E-state index is 5.66. The van der Waals surface area contributed by atoms with Crippen molar-refractivity contribution in [2.45, 2.75) is 38.0 Å². The van der Waals surface area contributed by atoms with Crippen LogP contribution in [0.5, 0.6) is 5.75 Å². The smallest absolute Gasteiger partial charge is 0.123 e. The molecule has 0 N–H and O–H groups in total. The molecule has 0 atom stereocenters. The van der Waals surface area contributed by atoms with Crippen LogP contribution in [0.3, 0.4) is 0 Å². The summed E-state index contributed by atoms with van der Waals surface area (Å²) in [7, 11) is 0. The highest BCUT2D eigenvalue weighted by Crippen LogP contribution is 2.33. The summed E-state index contributed by atoms with van der Waals surface area (Å²) in [6.45, 7) is 3.98. The van der Waals surface area contributed by atoms with Crippen LogP contribution in [0.15, 0.2) is 35.9 Å². The van der Waals surface area contributed by atoms with Gasteiger partial charge in [0.15, 0.2) is 0 Å². The summed E-state index contributed by atoms with van der Waals surface area (Å²) < 4.78 is 5.48. The molecule has 2 rings (SSSR count). The van der Waals surface area contributed by atoms with Gasteiger partial charge in [0, 0.05) is 5.03 Å². The first-order chi connectivity index (χ1) is 8.25. The lowest BCUT2D eigenvalue weighted by Gasteiger charge is -2.22. The molecule has 0 radical (unpaired) electrons. The van der Waals surface area contributed by atoms with Crippen molar-refractivity contribution < 1.29 is 4.74 Å². The number of hydrogen-bond acceptors (Lipinski definition) is 1. The fourth-order valence-electron chi connectivity index (χ4n) is 2.43. The molecule has 1 saturated carbocycles. The van der Waals surface area contributed by atoms with Crippen molar-refractivity contribution >= 4 is 11.6 Å². The van der Waals surface area contributed by atoms with Crippen LogP contribution in [-0.4, -0.2) is 6.61 Å². The molecule has 0 amide bonds. The topological polar surface area (TPSA) is 9.23 Å². The summed E-state index contributed by atoms with van der Waals surface area (Å²) in [5.74, 6) is 1.62. The molecule has 1 aliphatic carbocycles. The Labute approximate surface area is 108 Å². The maximum atomic E-state index is 5.66. The predicted molar refractivity (Wildman–Crippen MR) is 72.8 cm³/mol. The second kappa shape index (κ2) is 6.11. The van der Waals surface area contributed by atoms with Crippen molar-refractivity contribution in [3.63, 3.8) is 0 Å². The summed E-state index contributed by atoms with van der Waals surface area (Å²) in [5.41, 5.74) is 1.45. The van der Waals surface area contributed by atoms with Crippen LogP contribution in [0, 0.1) is 0 Å². The van der Waals surface area contributed by atoms with Gasteiger partial charge in [-0.05, 0) is 36.5 Å². The van der Waals surface area contributed by atoms with Gasteiger partial charge in [0.25, 0.3) is 0 Å². The first kappa shape index (κ1) is 12.5. The zero-order chi connectivity index (χ0) is 12.1. The van der Waals surface area contributed by atoms with Crippen molar-refractivity contribution in [3.8, 4) is 5.75 Å². The van der Waals surface area contributed by atoms with Crippen LogP contribution in [-0.2, 0) is 0 Å². The van der Waals surface area contributed by atoms with Crippen molar-refractivity contribution in [2.75, 3.05) is 6.61 Å². The van der Waals surface area contributed by atoms with Crippen LogP contribution in [0.1, 0.15) is 43.6 Å². The molecule has 17 heavy (non-hydrogen) atoms. The van der Waals surface area contributed by atoms with E-state index in [0.717, 1.165) is 11.7 Å². The number of rotatable bonds is 4. The largest absolute Gasteiger partial charge is 0.488 e. The minimum Gasteiger partial charge on any atom is -0.488 e. The van der Waals surface area contributed by atoms with E-state index in [1.165, 1.54) is 37.7 Å². The van der Waals surface area contributed by atoms with Gasteiger partial charge in [-0.3, -0.25) is 0 Å². The van der Waals surface area contributed by atoms with E-state index in [0.29, 0.717) is 11.6 Å². The van der Waals surface area contributed by atoms with Gasteiger partial charge in [0.2, 0.25) is 0 Å². The van der Waals surface area contributed by atoms with Gasteiger partial charge in [-0.2, -0.15) is 0 Å². The van der Waals surface area contributed by atoms with E-state index in [1.807, 2.05) is 12.1 Å². The van der Waals surface area contributed by atoms with E-state index < -0.39 is 0 Å². The summed E-state index contributed by atoms with van der Waals surface area (Å²) in [4.78, 5) is 0. The third kappa shape index (κ3) is 3.78. The fourth-order valence-corrected chi connectivity index (χ4v) is 2.49. The average Bonchev–Trinajstić information content (AvgIpc) is 2.38. The summed E-state index contributed by atoms with van der Waals surface area (Å²) in [6.07, 6.45) is 6.80. The Morgan fingerprint density at radius 3 is 2.41 bits per heavy atom. The van der Waals surface area contributed by atoms with Crippen molar-refractivity contribution in [3.05, 3.63) is 41.4 Å². The van der Waals surface area contributed by atoms with Crippen LogP contribution in [0.2, 0.25) is 0 Å². The Balaban J connectivity index is 1.94. The number of benzene rings is 1. The molecule has 0 saturated heterocycles. The lowest BCUT2D eigenvalue weighted by atomic mass is 9.84. The van der Waals surface area contributed by atoms with Crippen LogP contribution in [0.4, 0.5) is 0 Å². The standard InChI is InChI=1S/C15H19ClO/c1-12(16)11-17-15-9-7-14(8-10-15)13-5-3-2-4-6-13/h7-10,13H,1-6,11H2. The van der Waals surface area contributed by atoms with Crippen LogP contribution < -0.4 is 4.74 Å². The van der Waals surface area contributed by atoms with Crippen molar-refractivity contribution in [1.82, 2.24) is 0 Å². The first-order valence-corrected chi connectivity index (χ1v) is 6.69. The van der Waals surface area contributed by atoms with E-state index >= 15 is 0 Å². The molecule has 0 aromatic heterocycles. The van der Waals surface area contributed by atoms with Gasteiger partial charge < -0.3 is 4.74 Å². The Kier molecular flexibility index (Phi) is 4.49. The molecule has 2 heteroatoms. The molecule has 0 spiro atoms. The van der Waals surface area contributed by atoms with Gasteiger partial charge in [-0.25, -0.2) is 0 Å². The van der Waals surface area contributed by atoms with Gasteiger partial charge in [-0.1, -0.05) is 49.6 Å². The number of hydrogen-bond donors (Lipinski definition) is 0. The molecule has 1 aliphatic rings. The average molecular weight is 251 g/mol. The lowest BCUT2D eigenvalue weighted by molar-refractivity contribution is 0.359. The highest BCUT2D eigenvalue weighted by Gasteiger charge is 2.15. The summed E-state index contributed by atoms with van der Waals surface area (Å²) in [6, 6.07) is 8.43. The molecule has 1 aromatic rings. The predicted octanol–water partition coefficient (Wildman–Crippen LogP) is 4.87. The Bertz CT molecular complexity index is 363. The Hall–Kier alpha value is -0.950. The maximum Gasteiger partial charge on any atom is 0.123 e. The third-order valence-corrected chi connectivity index (χ3v) is 3.46. The van der Waals surface area contributed by atoms with Gasteiger partial charge in [0.1, 0.15) is 12.4 Å². The van der Waals surface area contributed by atoms with Crippen molar-refractivity contribution in [1.29, 1.82) is 0 Å². The second-order valence-electron chi connectivity index (χ2n) is 4.71. The molecule has 0 heterocycles. The van der Waals surface area contributed by atoms with E-state index in [-0.39, 0.29) is 0 Å². The highest BCUT2D eigenvalue weighted by molar-refractivity contribution is 6.29. The van der Waals surface area contributed by atoms with E-state index in [2.05, 4.69) is 18.7 Å². The minimum absolute atomic E-state index is 0.379. The van der Waals surface area contributed by atoms with Gasteiger partial charge >= 0.3 is 0 Å². The van der Waals surface area contributed by atoms with Crippen LogP contribution >= 0.6 is 11.6 Å². The number of halogens is 1. The Morgan fingerprint density at radius 1 is 1.18 bits per heavy atom. The second-order valence-corrected chi connectivity index (χ2v) is 5.24. The van der Waals surface area contributed by atoms with Crippen molar-refractivity contribution in [2.24, 2.45) is 0 Å². The van der Waals surface area contributed by atoms with E-state index in [9.17, 15) is 0 Å². The molecule has 92 valence electrons. The molecular weight excluding hydrogens is 232 g/mol. The highest BCUT2D eigenvalue weighted by atomic mass is 35.5. The SMILES string of the molecule is C=C(Cl)COc1ccc(C2CCCCC2)cc1. The minimum atomic E-state index is 0.379. The number of ether oxygens (including phenoxy) is 1. The summed E-state index contributed by atoms with van der Waals surface area (Å²) >= 11 is 5.66. The third-order valence-electron chi connectivity index (χ3n) is 3.35. The molecule has 1 aromatic carbocycles. The first-order valence-electron chi connectivity index (χ1n) is 6.32. The lowest BCUT2D eigenvalue weighted by Crippen LogP contribution is -2.04. The van der Waals surface area contributed by atoms with Gasteiger partial charge in [0.05, 0.1) is 0 Å². The molecule has 1 fully saturated rings. The normalized spacial score (nSPS) is 16.8. The monoisotopic (exact) mass is 250 g/mol. The fraction of sp³-hybridized carbons (Fsp3) is 0.467. The van der Waals surface area contributed by atoms with E-state index in [4.69, 9.17) is 16.3 Å². The quantitative estimate of drug-likeness (QED) is 0.741. The molecule has 1 nitrogen and oxygen atoms in total. The molecular formula is C15H19ClO. The van der Waals surface area contributed by atoms with Gasteiger partial charge in [-0.15, -0.1) is 0 Å². The molecule has 0 aliphatic heterocycles.